The van der Waals surface area contributed by atoms with Gasteiger partial charge in [0.1, 0.15) is 0 Å². The third kappa shape index (κ3) is 29.5. The summed E-state index contributed by atoms with van der Waals surface area (Å²) in [4.78, 5) is 8.46. The van der Waals surface area contributed by atoms with Gasteiger partial charge in [0.25, 0.3) is 0 Å². The fraction of sp³-hybridized carbons (Fsp3) is 0.730. The average molecular weight is 573 g/mol. The first-order valence-electron chi connectivity index (χ1n) is 16.2. The van der Waals surface area contributed by atoms with Crippen LogP contribution in [0, 0.1) is 30.6 Å². The lowest BCUT2D eigenvalue weighted by molar-refractivity contribution is 0.183. The third-order valence-electron chi connectivity index (χ3n) is 6.41. The molecule has 1 aliphatic carbocycles. The van der Waals surface area contributed by atoms with Crippen LogP contribution < -0.4 is 0 Å². The molecular formula is C37H68N2O2. The molecule has 0 radical (unpaired) electrons. The molecule has 3 rings (SSSR count). The molecule has 0 bridgehead atoms. The molecule has 4 nitrogen and oxygen atoms in total. The van der Waals surface area contributed by atoms with Gasteiger partial charge in [0.2, 0.25) is 0 Å². The molecule has 1 aliphatic rings. The van der Waals surface area contributed by atoms with Gasteiger partial charge in [-0.2, -0.15) is 0 Å². The van der Waals surface area contributed by atoms with Crippen LogP contribution in [0.4, 0.5) is 0 Å². The maximum Gasteiger partial charge on any atom is 0.0464 e. The number of methoxy groups -OCH3 is 2. The van der Waals surface area contributed by atoms with Crippen molar-refractivity contribution in [2.45, 2.75) is 127 Å². The van der Waals surface area contributed by atoms with Crippen LogP contribution in [0.15, 0.2) is 42.7 Å². The Morgan fingerprint density at radius 3 is 1.56 bits per heavy atom. The lowest BCUT2D eigenvalue weighted by Gasteiger charge is -2.05. The Balaban J connectivity index is 0. The van der Waals surface area contributed by atoms with Gasteiger partial charge >= 0.3 is 0 Å². The SMILES string of the molecule is CC(C)CC1CC1.CC(C)c1ccccn1.COCCC(C)C.COCCCC(C)C.Cc1cccnc1C(C)C. The number of ether oxygens (including phenoxy) is 2. The number of hydrogen-bond donors (Lipinski definition) is 0. The van der Waals surface area contributed by atoms with Crippen molar-refractivity contribution in [3.8, 4) is 0 Å². The second-order valence-corrected chi connectivity index (χ2v) is 13.0. The quantitative estimate of drug-likeness (QED) is 0.251. The van der Waals surface area contributed by atoms with Gasteiger partial charge in [-0.25, -0.2) is 0 Å². The van der Waals surface area contributed by atoms with Crippen LogP contribution in [-0.2, 0) is 9.47 Å². The molecule has 2 aromatic heterocycles. The topological polar surface area (TPSA) is 44.2 Å². The zero-order chi connectivity index (χ0) is 31.6. The van der Waals surface area contributed by atoms with Gasteiger partial charge < -0.3 is 9.47 Å². The van der Waals surface area contributed by atoms with E-state index in [9.17, 15) is 0 Å². The van der Waals surface area contributed by atoms with Crippen LogP contribution in [0.2, 0.25) is 0 Å². The molecule has 0 spiro atoms. The molecule has 2 heterocycles. The number of aryl methyl sites for hydroxylation is 1. The Morgan fingerprint density at radius 2 is 1.27 bits per heavy atom. The van der Waals surface area contributed by atoms with Crippen molar-refractivity contribution in [1.29, 1.82) is 0 Å². The summed E-state index contributed by atoms with van der Waals surface area (Å²) in [5.41, 5.74) is 3.66. The molecule has 0 aliphatic heterocycles. The van der Waals surface area contributed by atoms with Crippen molar-refractivity contribution in [2.75, 3.05) is 27.4 Å². The molecule has 4 heteroatoms. The van der Waals surface area contributed by atoms with Gasteiger partial charge in [-0.1, -0.05) is 94.2 Å². The minimum absolute atomic E-state index is 0.543. The Morgan fingerprint density at radius 1 is 0.683 bits per heavy atom. The number of aromatic nitrogens is 2. The van der Waals surface area contributed by atoms with Crippen LogP contribution in [0.5, 0.6) is 0 Å². The van der Waals surface area contributed by atoms with E-state index in [1.807, 2.05) is 36.7 Å². The monoisotopic (exact) mass is 573 g/mol. The second-order valence-electron chi connectivity index (χ2n) is 13.0. The maximum absolute atomic E-state index is 4.89. The Bertz CT molecular complexity index is 800. The molecule has 0 amide bonds. The van der Waals surface area contributed by atoms with Crippen molar-refractivity contribution in [3.63, 3.8) is 0 Å². The molecule has 0 aromatic carbocycles. The Hall–Kier alpha value is -1.78. The van der Waals surface area contributed by atoms with Gasteiger partial charge in [-0.3, -0.25) is 9.97 Å². The lowest BCUT2D eigenvalue weighted by Crippen LogP contribution is -1.94. The van der Waals surface area contributed by atoms with Crippen molar-refractivity contribution in [2.24, 2.45) is 23.7 Å². The normalized spacial score (nSPS) is 12.1. The fourth-order valence-electron chi connectivity index (χ4n) is 3.83. The lowest BCUT2D eigenvalue weighted by atomic mass is 10.1. The first-order valence-corrected chi connectivity index (χ1v) is 16.2. The molecule has 0 unspecified atom stereocenters. The van der Waals surface area contributed by atoms with Gasteiger partial charge in [0.05, 0.1) is 0 Å². The Kier molecular flexibility index (Phi) is 27.3. The first-order chi connectivity index (χ1) is 19.3. The highest BCUT2D eigenvalue weighted by atomic mass is 16.5. The van der Waals surface area contributed by atoms with Gasteiger partial charge in [0, 0.05) is 51.2 Å². The number of nitrogens with zero attached hydrogens (tertiary/aromatic N) is 2. The average Bonchev–Trinajstić information content (AvgIpc) is 3.73. The smallest absolute Gasteiger partial charge is 0.0464 e. The van der Waals surface area contributed by atoms with E-state index >= 15 is 0 Å². The van der Waals surface area contributed by atoms with E-state index < -0.39 is 0 Å². The summed E-state index contributed by atoms with van der Waals surface area (Å²) in [6.45, 7) is 26.0. The highest BCUT2D eigenvalue weighted by molar-refractivity contribution is 5.20. The van der Waals surface area contributed by atoms with Crippen molar-refractivity contribution in [1.82, 2.24) is 9.97 Å². The predicted molar refractivity (Wildman–Crippen MR) is 181 cm³/mol. The van der Waals surface area contributed by atoms with Crippen LogP contribution in [0.1, 0.15) is 137 Å². The summed E-state index contributed by atoms with van der Waals surface area (Å²) in [6, 6.07) is 10.1. The molecule has 0 N–H and O–H groups in total. The van der Waals surface area contributed by atoms with E-state index in [0.717, 1.165) is 42.6 Å². The molecule has 0 atom stereocenters. The minimum atomic E-state index is 0.543. The summed E-state index contributed by atoms with van der Waals surface area (Å²) in [5.74, 6) is 4.75. The fourth-order valence-corrected chi connectivity index (χ4v) is 3.83. The zero-order valence-electron chi connectivity index (χ0n) is 29.4. The summed E-state index contributed by atoms with van der Waals surface area (Å²) in [6.07, 6.45) is 11.8. The van der Waals surface area contributed by atoms with Crippen LogP contribution in [0.3, 0.4) is 0 Å². The van der Waals surface area contributed by atoms with Gasteiger partial charge in [0.15, 0.2) is 0 Å². The summed E-state index contributed by atoms with van der Waals surface area (Å²) >= 11 is 0. The number of hydrogen-bond acceptors (Lipinski definition) is 4. The van der Waals surface area contributed by atoms with Crippen molar-refractivity contribution >= 4 is 0 Å². The summed E-state index contributed by atoms with van der Waals surface area (Å²) in [7, 11) is 3.49. The standard InChI is InChI=1S/C9H13N.C8H11N.C7H16O.C7H14.C6H14O/c1-7(2)9-8(3)5-4-6-10-9;1-7(2)8-5-3-4-6-9-8;1-7(2)5-4-6-8-3;1-6(2)5-7-3-4-7;1-6(2)4-5-7-3/h4-7H,1-3H3;3-7H,1-2H3;7H,4-6H2,1-3H3;6-7H,3-5H2,1-2H3;6H,4-5H2,1-3H3. The molecule has 238 valence electrons. The van der Waals surface area contributed by atoms with Crippen molar-refractivity contribution < 1.29 is 9.47 Å². The van der Waals surface area contributed by atoms with Gasteiger partial charge in [-0.15, -0.1) is 0 Å². The van der Waals surface area contributed by atoms with E-state index in [-0.39, 0.29) is 0 Å². The van der Waals surface area contributed by atoms with Crippen molar-refractivity contribution in [3.05, 3.63) is 59.7 Å². The van der Waals surface area contributed by atoms with E-state index in [2.05, 4.69) is 92.2 Å². The van der Waals surface area contributed by atoms with Crippen LogP contribution in [-0.4, -0.2) is 37.4 Å². The predicted octanol–water partition coefficient (Wildman–Crippen LogP) is 10.9. The van der Waals surface area contributed by atoms with E-state index in [1.54, 1.807) is 14.2 Å². The molecule has 1 fully saturated rings. The molecular weight excluding hydrogens is 504 g/mol. The number of rotatable bonds is 11. The molecule has 1 saturated carbocycles. The highest BCUT2D eigenvalue weighted by Crippen LogP contribution is 2.34. The third-order valence-corrected chi connectivity index (χ3v) is 6.41. The molecule has 0 saturated heterocycles. The van der Waals surface area contributed by atoms with E-state index in [1.165, 1.54) is 49.8 Å². The minimum Gasteiger partial charge on any atom is -0.385 e. The maximum atomic E-state index is 4.89. The summed E-state index contributed by atoms with van der Waals surface area (Å²) < 4.78 is 9.74. The van der Waals surface area contributed by atoms with E-state index in [4.69, 9.17) is 9.47 Å². The number of pyridine rings is 2. The van der Waals surface area contributed by atoms with Crippen LogP contribution >= 0.6 is 0 Å². The molecule has 2 aromatic rings. The molecule has 41 heavy (non-hydrogen) atoms. The van der Waals surface area contributed by atoms with Gasteiger partial charge in [-0.05, 0) is 91.9 Å². The Labute approximate surface area is 256 Å². The zero-order valence-corrected chi connectivity index (χ0v) is 29.4. The van der Waals surface area contributed by atoms with Crippen LogP contribution in [0.25, 0.3) is 0 Å². The largest absolute Gasteiger partial charge is 0.385 e. The second kappa shape index (κ2) is 27.1. The highest BCUT2D eigenvalue weighted by Gasteiger charge is 2.21. The van der Waals surface area contributed by atoms with E-state index in [0.29, 0.717) is 11.8 Å². The first kappa shape index (κ1) is 41.4. The summed E-state index contributed by atoms with van der Waals surface area (Å²) in [5, 5.41) is 0.